The molecule has 1 saturated heterocycles. The third-order valence-electron chi connectivity index (χ3n) is 5.03. The first-order valence-corrected chi connectivity index (χ1v) is 10.8. The summed E-state index contributed by atoms with van der Waals surface area (Å²) < 4.78 is 0. The van der Waals surface area contributed by atoms with E-state index in [9.17, 15) is 9.59 Å². The highest BCUT2D eigenvalue weighted by Crippen LogP contribution is 2.37. The molecule has 0 radical (unpaired) electrons. The summed E-state index contributed by atoms with van der Waals surface area (Å²) in [5.74, 6) is 0.737. The molecule has 0 aromatic heterocycles. The van der Waals surface area contributed by atoms with Crippen molar-refractivity contribution in [2.24, 2.45) is 0 Å². The maximum atomic E-state index is 12.4. The summed E-state index contributed by atoms with van der Waals surface area (Å²) in [4.78, 5) is 39.3. The van der Waals surface area contributed by atoms with Crippen LogP contribution in [0.15, 0.2) is 52.3 Å². The van der Waals surface area contributed by atoms with E-state index < -0.39 is 0 Å². The van der Waals surface area contributed by atoms with Gasteiger partial charge in [0.2, 0.25) is 11.8 Å². The van der Waals surface area contributed by atoms with Crippen LogP contribution in [-0.2, 0) is 21.1 Å². The van der Waals surface area contributed by atoms with E-state index in [0.717, 1.165) is 26.7 Å². The lowest BCUT2D eigenvalue weighted by molar-refractivity contribution is -0.194. The molecule has 0 atom stereocenters. The maximum absolute atomic E-state index is 12.4. The molecule has 0 bridgehead atoms. The Morgan fingerprint density at radius 2 is 1.83 bits per heavy atom. The molecule has 30 heavy (non-hydrogen) atoms. The average molecular weight is 445 g/mol. The SMILES string of the molecule is CC(=O)N1CCN(C(=O)/C=C/c2ccc(Sc3ccc4c(c3)COO4)c(Cl)c2)CC1. The minimum absolute atomic E-state index is 0.0480. The van der Waals surface area contributed by atoms with Crippen LogP contribution in [-0.4, -0.2) is 47.8 Å². The van der Waals surface area contributed by atoms with Crippen LogP contribution >= 0.6 is 23.4 Å². The van der Waals surface area contributed by atoms with Crippen molar-refractivity contribution in [1.82, 2.24) is 9.80 Å². The molecule has 2 aliphatic heterocycles. The van der Waals surface area contributed by atoms with Gasteiger partial charge in [-0.25, -0.2) is 0 Å². The smallest absolute Gasteiger partial charge is 0.246 e. The number of hydrogen-bond donors (Lipinski definition) is 0. The van der Waals surface area contributed by atoms with Crippen LogP contribution in [0.4, 0.5) is 0 Å². The summed E-state index contributed by atoms with van der Waals surface area (Å²) >= 11 is 8.03. The summed E-state index contributed by atoms with van der Waals surface area (Å²) in [6.07, 6.45) is 3.33. The van der Waals surface area contributed by atoms with Crippen LogP contribution in [0.2, 0.25) is 5.02 Å². The van der Waals surface area contributed by atoms with Crippen molar-refractivity contribution in [3.63, 3.8) is 0 Å². The topological polar surface area (TPSA) is 59.1 Å². The lowest BCUT2D eigenvalue weighted by Gasteiger charge is -2.33. The molecule has 0 spiro atoms. The molecule has 0 saturated carbocycles. The van der Waals surface area contributed by atoms with E-state index in [1.165, 1.54) is 0 Å². The van der Waals surface area contributed by atoms with Crippen molar-refractivity contribution in [3.8, 4) is 5.75 Å². The van der Waals surface area contributed by atoms with Crippen LogP contribution in [0.3, 0.4) is 0 Å². The van der Waals surface area contributed by atoms with E-state index in [-0.39, 0.29) is 11.8 Å². The third-order valence-corrected chi connectivity index (χ3v) is 6.52. The highest BCUT2D eigenvalue weighted by molar-refractivity contribution is 7.99. The van der Waals surface area contributed by atoms with Gasteiger partial charge in [0.1, 0.15) is 6.61 Å². The Kier molecular flexibility index (Phi) is 6.32. The van der Waals surface area contributed by atoms with E-state index in [1.807, 2.05) is 36.4 Å². The van der Waals surface area contributed by atoms with E-state index in [1.54, 1.807) is 40.6 Å². The van der Waals surface area contributed by atoms with E-state index in [2.05, 4.69) is 0 Å². The van der Waals surface area contributed by atoms with Crippen LogP contribution in [0.1, 0.15) is 18.1 Å². The van der Waals surface area contributed by atoms with Gasteiger partial charge in [0.15, 0.2) is 5.75 Å². The molecule has 2 amide bonds. The average Bonchev–Trinajstić information content (AvgIpc) is 3.21. The molecule has 2 heterocycles. The fourth-order valence-electron chi connectivity index (χ4n) is 3.31. The fraction of sp³-hybridized carbons (Fsp3) is 0.273. The lowest BCUT2D eigenvalue weighted by atomic mass is 10.2. The van der Waals surface area contributed by atoms with Crippen LogP contribution in [0, 0.1) is 0 Å². The second-order valence-electron chi connectivity index (χ2n) is 7.07. The van der Waals surface area contributed by atoms with E-state index in [4.69, 9.17) is 21.4 Å². The third kappa shape index (κ3) is 4.80. The number of piperazine rings is 1. The minimum atomic E-state index is -0.0599. The Morgan fingerprint density at radius 1 is 1.07 bits per heavy atom. The van der Waals surface area contributed by atoms with Gasteiger partial charge < -0.3 is 14.7 Å². The maximum Gasteiger partial charge on any atom is 0.246 e. The Bertz CT molecular complexity index is 1000. The molecule has 0 aliphatic carbocycles. The van der Waals surface area contributed by atoms with Gasteiger partial charge in [-0.2, -0.15) is 4.89 Å². The van der Waals surface area contributed by atoms with Crippen molar-refractivity contribution in [1.29, 1.82) is 0 Å². The van der Waals surface area contributed by atoms with E-state index in [0.29, 0.717) is 37.8 Å². The zero-order chi connectivity index (χ0) is 21.1. The molecule has 1 fully saturated rings. The quantitative estimate of drug-likeness (QED) is 0.526. The van der Waals surface area contributed by atoms with Crippen molar-refractivity contribution in [3.05, 3.63) is 58.6 Å². The fourth-order valence-corrected chi connectivity index (χ4v) is 4.50. The predicted octanol–water partition coefficient (Wildman–Crippen LogP) is 4.02. The largest absolute Gasteiger partial charge is 0.339 e. The van der Waals surface area contributed by atoms with Crippen molar-refractivity contribution in [2.45, 2.75) is 23.3 Å². The number of amides is 2. The molecule has 6 nitrogen and oxygen atoms in total. The lowest BCUT2D eigenvalue weighted by Crippen LogP contribution is -2.49. The molecule has 4 rings (SSSR count). The molecular formula is C22H21ClN2O4S. The number of fused-ring (bicyclic) bond motifs is 1. The first-order valence-electron chi connectivity index (χ1n) is 9.62. The molecule has 2 aromatic rings. The summed E-state index contributed by atoms with van der Waals surface area (Å²) in [6.45, 7) is 4.25. The van der Waals surface area contributed by atoms with Gasteiger partial charge in [0, 0.05) is 54.5 Å². The standard InChI is InChI=1S/C22H21ClN2O4S/c1-15(26)24-8-10-25(11-9-24)22(27)7-3-16-2-6-21(19(23)12-16)30-18-4-5-20-17(13-18)14-28-29-20/h2-7,12-13H,8-11,14H2,1H3/b7-3+. The van der Waals surface area contributed by atoms with Crippen LogP contribution in [0.5, 0.6) is 5.75 Å². The van der Waals surface area contributed by atoms with Crippen LogP contribution in [0.25, 0.3) is 6.08 Å². The highest BCUT2D eigenvalue weighted by Gasteiger charge is 2.20. The first kappa shape index (κ1) is 20.8. The Labute approximate surface area is 184 Å². The zero-order valence-electron chi connectivity index (χ0n) is 16.5. The number of nitrogens with zero attached hydrogens (tertiary/aromatic N) is 2. The molecule has 2 aromatic carbocycles. The van der Waals surface area contributed by atoms with Gasteiger partial charge >= 0.3 is 0 Å². The molecule has 8 heteroatoms. The number of benzene rings is 2. The monoisotopic (exact) mass is 444 g/mol. The summed E-state index contributed by atoms with van der Waals surface area (Å²) in [5, 5.41) is 0.623. The number of rotatable bonds is 4. The van der Waals surface area contributed by atoms with Gasteiger partial charge in [-0.1, -0.05) is 29.4 Å². The first-order chi connectivity index (χ1) is 14.5. The summed E-state index contributed by atoms with van der Waals surface area (Å²) in [6, 6.07) is 11.6. The van der Waals surface area contributed by atoms with Gasteiger partial charge in [0.05, 0.1) is 5.02 Å². The van der Waals surface area contributed by atoms with Gasteiger partial charge in [-0.15, -0.1) is 0 Å². The second-order valence-corrected chi connectivity index (χ2v) is 8.59. The Morgan fingerprint density at radius 3 is 2.57 bits per heavy atom. The predicted molar refractivity (Wildman–Crippen MR) is 115 cm³/mol. The molecule has 0 N–H and O–H groups in total. The summed E-state index contributed by atoms with van der Waals surface area (Å²) in [7, 11) is 0. The van der Waals surface area contributed by atoms with Gasteiger partial charge in [-0.05, 0) is 42.0 Å². The molecule has 2 aliphatic rings. The second kappa shape index (κ2) is 9.12. The Hall–Kier alpha value is -2.48. The summed E-state index contributed by atoms with van der Waals surface area (Å²) in [5.41, 5.74) is 1.87. The number of halogens is 1. The van der Waals surface area contributed by atoms with Gasteiger partial charge in [-0.3, -0.25) is 9.59 Å². The highest BCUT2D eigenvalue weighted by atomic mass is 35.5. The number of carbonyl (C=O) groups excluding carboxylic acids is 2. The zero-order valence-corrected chi connectivity index (χ0v) is 18.0. The molecule has 156 valence electrons. The Balaban J connectivity index is 1.37. The van der Waals surface area contributed by atoms with E-state index >= 15 is 0 Å². The minimum Gasteiger partial charge on any atom is -0.339 e. The number of hydrogen-bond acceptors (Lipinski definition) is 5. The van der Waals surface area contributed by atoms with Crippen molar-refractivity contribution < 1.29 is 19.4 Å². The number of carbonyl (C=O) groups is 2. The normalized spacial score (nSPS) is 15.9. The van der Waals surface area contributed by atoms with Gasteiger partial charge in [0.25, 0.3) is 0 Å². The van der Waals surface area contributed by atoms with Crippen LogP contribution < -0.4 is 4.89 Å². The van der Waals surface area contributed by atoms with Crippen molar-refractivity contribution in [2.75, 3.05) is 26.2 Å². The molecular weight excluding hydrogens is 424 g/mol. The molecule has 0 unspecified atom stereocenters. The van der Waals surface area contributed by atoms with Crippen molar-refractivity contribution >= 4 is 41.3 Å².